The summed E-state index contributed by atoms with van der Waals surface area (Å²) in [6.45, 7) is 3.67. The maximum absolute atomic E-state index is 9.32. The van der Waals surface area contributed by atoms with E-state index in [1.54, 1.807) is 14.0 Å². The van der Waals surface area contributed by atoms with Crippen molar-refractivity contribution in [2.45, 2.75) is 31.8 Å². The van der Waals surface area contributed by atoms with Crippen LogP contribution in [0, 0.1) is 0 Å². The van der Waals surface area contributed by atoms with Gasteiger partial charge in [-0.05, 0) is 31.0 Å². The number of benzene rings is 1. The quantitative estimate of drug-likeness (QED) is 0.689. The van der Waals surface area contributed by atoms with Gasteiger partial charge in [0.15, 0.2) is 0 Å². The molecule has 1 unspecified atom stereocenters. The van der Waals surface area contributed by atoms with Crippen LogP contribution in [0.5, 0.6) is 5.75 Å². The van der Waals surface area contributed by atoms with Gasteiger partial charge < -0.3 is 20.3 Å². The first kappa shape index (κ1) is 15.0. The summed E-state index contributed by atoms with van der Waals surface area (Å²) in [7, 11) is 1.64. The number of nitrogens with one attached hydrogen (secondary N) is 1. The maximum atomic E-state index is 9.32. The molecule has 18 heavy (non-hydrogen) atoms. The van der Waals surface area contributed by atoms with E-state index in [1.165, 1.54) is 0 Å². The highest BCUT2D eigenvalue weighted by Crippen LogP contribution is 2.22. The normalized spacial score (nSPS) is 13.4. The monoisotopic (exact) mass is 253 g/mol. The topological polar surface area (TPSA) is 61.7 Å². The lowest BCUT2D eigenvalue weighted by atomic mass is 9.98. The van der Waals surface area contributed by atoms with Crippen LogP contribution in [-0.2, 0) is 0 Å². The van der Waals surface area contributed by atoms with Crippen LogP contribution < -0.4 is 10.1 Å². The number of methoxy groups -OCH3 is 1. The summed E-state index contributed by atoms with van der Waals surface area (Å²) in [6.07, 6.45) is 0.877. The third kappa shape index (κ3) is 3.70. The maximum Gasteiger partial charge on any atom is 0.118 e. The van der Waals surface area contributed by atoms with E-state index >= 15 is 0 Å². The molecule has 0 saturated heterocycles. The van der Waals surface area contributed by atoms with Crippen LogP contribution in [0.15, 0.2) is 24.3 Å². The van der Waals surface area contributed by atoms with Crippen LogP contribution in [0.25, 0.3) is 0 Å². The Labute approximate surface area is 109 Å². The summed E-state index contributed by atoms with van der Waals surface area (Å²) < 4.78 is 5.13. The molecule has 0 saturated carbocycles. The van der Waals surface area contributed by atoms with Gasteiger partial charge in [0, 0.05) is 6.04 Å². The second-order valence-electron chi connectivity index (χ2n) is 4.76. The average molecular weight is 253 g/mol. The number of aliphatic hydroxyl groups excluding tert-OH is 2. The lowest BCUT2D eigenvalue weighted by molar-refractivity contribution is 0.0932. The van der Waals surface area contributed by atoms with Crippen LogP contribution >= 0.6 is 0 Å². The molecule has 1 rings (SSSR count). The average Bonchev–Trinajstić information content (AvgIpc) is 2.44. The molecule has 3 N–H and O–H groups in total. The van der Waals surface area contributed by atoms with E-state index in [4.69, 9.17) is 4.74 Å². The Morgan fingerprint density at radius 2 is 1.78 bits per heavy atom. The van der Waals surface area contributed by atoms with Gasteiger partial charge in [0.1, 0.15) is 5.75 Å². The van der Waals surface area contributed by atoms with E-state index in [9.17, 15) is 10.2 Å². The molecule has 0 radical (unpaired) electrons. The van der Waals surface area contributed by atoms with E-state index < -0.39 is 5.54 Å². The Morgan fingerprint density at radius 1 is 1.22 bits per heavy atom. The van der Waals surface area contributed by atoms with Crippen molar-refractivity contribution in [2.75, 3.05) is 20.3 Å². The molecule has 1 atom stereocenters. The van der Waals surface area contributed by atoms with E-state index in [0.717, 1.165) is 17.7 Å². The SMILES string of the molecule is CCC(NC(C)(CO)CO)c1ccc(OC)cc1. The van der Waals surface area contributed by atoms with E-state index in [2.05, 4.69) is 12.2 Å². The molecule has 4 nitrogen and oxygen atoms in total. The highest BCUT2D eigenvalue weighted by atomic mass is 16.5. The number of hydrogen-bond donors (Lipinski definition) is 3. The van der Waals surface area contributed by atoms with Gasteiger partial charge in [-0.1, -0.05) is 19.1 Å². The fourth-order valence-electron chi connectivity index (χ4n) is 1.82. The molecule has 1 aromatic carbocycles. The first-order chi connectivity index (χ1) is 8.58. The first-order valence-corrected chi connectivity index (χ1v) is 6.22. The number of aliphatic hydroxyl groups is 2. The van der Waals surface area contributed by atoms with Gasteiger partial charge >= 0.3 is 0 Å². The van der Waals surface area contributed by atoms with Crippen molar-refractivity contribution in [3.63, 3.8) is 0 Å². The second kappa shape index (κ2) is 6.73. The van der Waals surface area contributed by atoms with Gasteiger partial charge in [-0.3, -0.25) is 0 Å². The van der Waals surface area contributed by atoms with Crippen molar-refractivity contribution < 1.29 is 14.9 Å². The summed E-state index contributed by atoms with van der Waals surface area (Å²) >= 11 is 0. The summed E-state index contributed by atoms with van der Waals surface area (Å²) in [5.74, 6) is 0.820. The number of hydrogen-bond acceptors (Lipinski definition) is 4. The lowest BCUT2D eigenvalue weighted by Gasteiger charge is -2.32. The highest BCUT2D eigenvalue weighted by Gasteiger charge is 2.25. The minimum atomic E-state index is -0.666. The molecule has 0 fully saturated rings. The third-order valence-electron chi connectivity index (χ3n) is 3.15. The van der Waals surface area contributed by atoms with Crippen LogP contribution in [-0.4, -0.2) is 36.1 Å². The summed E-state index contributed by atoms with van der Waals surface area (Å²) in [5.41, 5.74) is 0.451. The molecule has 0 aromatic heterocycles. The Bertz CT molecular complexity index is 347. The van der Waals surface area contributed by atoms with Gasteiger partial charge in [-0.15, -0.1) is 0 Å². The minimum Gasteiger partial charge on any atom is -0.497 e. The van der Waals surface area contributed by atoms with Gasteiger partial charge in [0.25, 0.3) is 0 Å². The Balaban J connectivity index is 2.82. The molecule has 0 amide bonds. The predicted octanol–water partition coefficient (Wildman–Crippen LogP) is 1.48. The molecule has 0 heterocycles. The van der Waals surface area contributed by atoms with Crippen molar-refractivity contribution in [3.05, 3.63) is 29.8 Å². The van der Waals surface area contributed by atoms with Crippen molar-refractivity contribution in [1.82, 2.24) is 5.32 Å². The lowest BCUT2D eigenvalue weighted by Crippen LogP contribution is -2.50. The second-order valence-corrected chi connectivity index (χ2v) is 4.76. The minimum absolute atomic E-state index is 0.0974. The van der Waals surface area contributed by atoms with Crippen LogP contribution in [0.3, 0.4) is 0 Å². The Hall–Kier alpha value is -1.10. The van der Waals surface area contributed by atoms with Crippen LogP contribution in [0.2, 0.25) is 0 Å². The number of rotatable bonds is 7. The number of ether oxygens (including phenoxy) is 1. The smallest absolute Gasteiger partial charge is 0.118 e. The van der Waals surface area contributed by atoms with Gasteiger partial charge in [0.2, 0.25) is 0 Å². The molecule has 0 bridgehead atoms. The summed E-state index contributed by atoms with van der Waals surface area (Å²) in [4.78, 5) is 0. The van der Waals surface area contributed by atoms with Gasteiger partial charge in [-0.25, -0.2) is 0 Å². The molecule has 4 heteroatoms. The highest BCUT2D eigenvalue weighted by molar-refractivity contribution is 5.29. The van der Waals surface area contributed by atoms with Gasteiger partial charge in [-0.2, -0.15) is 0 Å². The molecular weight excluding hydrogens is 230 g/mol. The van der Waals surface area contributed by atoms with Crippen molar-refractivity contribution in [1.29, 1.82) is 0 Å². The van der Waals surface area contributed by atoms with Gasteiger partial charge in [0.05, 0.1) is 25.9 Å². The molecule has 0 aliphatic rings. The predicted molar refractivity (Wildman–Crippen MR) is 71.7 cm³/mol. The van der Waals surface area contributed by atoms with E-state index in [0.29, 0.717) is 0 Å². The van der Waals surface area contributed by atoms with Crippen LogP contribution in [0.4, 0.5) is 0 Å². The van der Waals surface area contributed by atoms with E-state index in [1.807, 2.05) is 24.3 Å². The zero-order chi connectivity index (χ0) is 13.6. The van der Waals surface area contributed by atoms with Crippen molar-refractivity contribution >= 4 is 0 Å². The van der Waals surface area contributed by atoms with E-state index in [-0.39, 0.29) is 19.3 Å². The first-order valence-electron chi connectivity index (χ1n) is 6.22. The fraction of sp³-hybridized carbons (Fsp3) is 0.571. The zero-order valence-electron chi connectivity index (χ0n) is 11.3. The molecule has 0 aliphatic heterocycles. The van der Waals surface area contributed by atoms with Crippen molar-refractivity contribution in [3.8, 4) is 5.75 Å². The molecule has 0 aliphatic carbocycles. The molecule has 102 valence electrons. The van der Waals surface area contributed by atoms with Crippen molar-refractivity contribution in [2.24, 2.45) is 0 Å². The standard InChI is InChI=1S/C14H23NO3/c1-4-13(15-14(2,9-16)10-17)11-5-7-12(18-3)8-6-11/h5-8,13,15-17H,4,9-10H2,1-3H3. The zero-order valence-corrected chi connectivity index (χ0v) is 11.3. The Morgan fingerprint density at radius 3 is 2.17 bits per heavy atom. The molecular formula is C14H23NO3. The Kier molecular flexibility index (Phi) is 5.59. The molecule has 0 spiro atoms. The summed E-state index contributed by atoms with van der Waals surface area (Å²) in [6, 6.07) is 7.91. The largest absolute Gasteiger partial charge is 0.497 e. The molecule has 1 aromatic rings. The van der Waals surface area contributed by atoms with Crippen LogP contribution in [0.1, 0.15) is 31.9 Å². The fourth-order valence-corrected chi connectivity index (χ4v) is 1.82. The summed E-state index contributed by atoms with van der Waals surface area (Å²) in [5, 5.41) is 21.9. The third-order valence-corrected chi connectivity index (χ3v) is 3.15.